The number of rotatable bonds is 9. The van der Waals surface area contributed by atoms with Crippen LogP contribution >= 0.6 is 11.8 Å². The zero-order valence-electron chi connectivity index (χ0n) is 23.6. The van der Waals surface area contributed by atoms with Crippen molar-refractivity contribution >= 4 is 29.4 Å². The minimum absolute atomic E-state index is 0.0384. The molecule has 0 aliphatic carbocycles. The number of hydrogen-bond donors (Lipinski definition) is 2. The van der Waals surface area contributed by atoms with Gasteiger partial charge in [0.05, 0.1) is 21.9 Å². The normalized spacial score (nSPS) is 16.8. The molecule has 1 amide bonds. The van der Waals surface area contributed by atoms with Crippen LogP contribution in [0.25, 0.3) is 0 Å². The van der Waals surface area contributed by atoms with Gasteiger partial charge in [-0.3, -0.25) is 14.9 Å². The van der Waals surface area contributed by atoms with Gasteiger partial charge in [-0.1, -0.05) is 54.6 Å². The number of ether oxygens (including phenoxy) is 1. The van der Waals surface area contributed by atoms with Gasteiger partial charge in [0.15, 0.2) is 0 Å². The summed E-state index contributed by atoms with van der Waals surface area (Å²) in [5, 5.41) is 19.5. The lowest BCUT2D eigenvalue weighted by Crippen LogP contribution is -2.31. The third-order valence-electron chi connectivity index (χ3n) is 7.24. The highest BCUT2D eigenvalue weighted by Gasteiger charge is 2.42. The van der Waals surface area contributed by atoms with Gasteiger partial charge in [0.1, 0.15) is 18.3 Å². The van der Waals surface area contributed by atoms with Gasteiger partial charge < -0.3 is 10.1 Å². The molecule has 0 spiro atoms. The fourth-order valence-electron chi connectivity index (χ4n) is 5.09. The lowest BCUT2D eigenvalue weighted by atomic mass is 9.84. The maximum absolute atomic E-state index is 13.6. The number of halogens is 1. The Morgan fingerprint density at radius 3 is 2.40 bits per heavy atom. The Balaban J connectivity index is 1.39. The smallest absolute Gasteiger partial charge is 0.337 e. The number of carbonyl (C=O) groups is 2. The molecule has 0 fully saturated rings. The van der Waals surface area contributed by atoms with Crippen molar-refractivity contribution in [1.29, 1.82) is 0 Å². The standard InChI is InChI=1S/C32H29FN4O5S/c1-19-29(32(39)42-17-21-7-11-23(12-8-21)26-15-16-28(38)36-35-26)30(31(37(40)41)20(2)34-19)25-5-3-4-6-27(25)43-18-22-9-13-24(33)14-10-22/h3-14,30,34H,15-18H2,1-2H3,(H,36,38). The van der Waals surface area contributed by atoms with E-state index in [4.69, 9.17) is 4.74 Å². The van der Waals surface area contributed by atoms with E-state index in [2.05, 4.69) is 15.8 Å². The summed E-state index contributed by atoms with van der Waals surface area (Å²) in [7, 11) is 0. The zero-order valence-corrected chi connectivity index (χ0v) is 24.4. The maximum atomic E-state index is 13.6. The van der Waals surface area contributed by atoms with Crippen LogP contribution < -0.4 is 10.7 Å². The molecule has 0 radical (unpaired) electrons. The Bertz CT molecular complexity index is 1670. The first-order valence-corrected chi connectivity index (χ1v) is 14.6. The van der Waals surface area contributed by atoms with Gasteiger partial charge in [-0.05, 0) is 54.3 Å². The van der Waals surface area contributed by atoms with Crippen LogP contribution in [0.3, 0.4) is 0 Å². The van der Waals surface area contributed by atoms with Crippen LogP contribution in [0.15, 0.2) is 105 Å². The minimum Gasteiger partial charge on any atom is -0.457 e. The number of hydrogen-bond acceptors (Lipinski definition) is 8. The van der Waals surface area contributed by atoms with Crippen molar-refractivity contribution in [3.05, 3.63) is 134 Å². The Hall–Kier alpha value is -4.77. The number of carbonyl (C=O) groups excluding carboxylic acids is 2. The molecule has 0 bridgehead atoms. The molecule has 5 rings (SSSR count). The van der Waals surface area contributed by atoms with Gasteiger partial charge in [-0.25, -0.2) is 14.6 Å². The van der Waals surface area contributed by atoms with Crippen LogP contribution in [0.4, 0.5) is 4.39 Å². The van der Waals surface area contributed by atoms with Gasteiger partial charge >= 0.3 is 5.97 Å². The number of thioether (sulfide) groups is 1. The number of amides is 1. The van der Waals surface area contributed by atoms with Crippen molar-refractivity contribution in [2.75, 3.05) is 0 Å². The second-order valence-corrected chi connectivity index (χ2v) is 11.2. The molecular formula is C32H29FN4O5S. The highest BCUT2D eigenvalue weighted by atomic mass is 32.2. The van der Waals surface area contributed by atoms with Crippen molar-refractivity contribution in [3.8, 4) is 0 Å². The van der Waals surface area contributed by atoms with E-state index in [9.17, 15) is 24.1 Å². The average Bonchev–Trinajstić information content (AvgIpc) is 3.00. The maximum Gasteiger partial charge on any atom is 0.337 e. The number of nitrogens with one attached hydrogen (secondary N) is 2. The van der Waals surface area contributed by atoms with Gasteiger partial charge in [-0.15, -0.1) is 11.8 Å². The van der Waals surface area contributed by atoms with Crippen molar-refractivity contribution in [2.24, 2.45) is 5.10 Å². The first kappa shape index (κ1) is 29.7. The van der Waals surface area contributed by atoms with E-state index in [0.717, 1.165) is 27.3 Å². The summed E-state index contributed by atoms with van der Waals surface area (Å²) in [6.07, 6.45) is 0.910. The van der Waals surface area contributed by atoms with Crippen LogP contribution in [-0.4, -0.2) is 22.5 Å². The average molecular weight is 601 g/mol. The highest BCUT2D eigenvalue weighted by molar-refractivity contribution is 7.98. The van der Waals surface area contributed by atoms with E-state index in [0.29, 0.717) is 35.6 Å². The Morgan fingerprint density at radius 1 is 1.02 bits per heavy atom. The van der Waals surface area contributed by atoms with Crippen LogP contribution in [0.1, 0.15) is 54.9 Å². The third-order valence-corrected chi connectivity index (χ3v) is 8.40. The van der Waals surface area contributed by atoms with Crippen molar-refractivity contribution in [1.82, 2.24) is 10.7 Å². The number of hydrazone groups is 1. The van der Waals surface area contributed by atoms with E-state index in [-0.39, 0.29) is 29.6 Å². The summed E-state index contributed by atoms with van der Waals surface area (Å²) >= 11 is 1.46. The summed E-state index contributed by atoms with van der Waals surface area (Å²) in [6.45, 7) is 3.29. The topological polar surface area (TPSA) is 123 Å². The number of nitro groups is 1. The van der Waals surface area contributed by atoms with E-state index in [1.807, 2.05) is 36.4 Å². The molecule has 11 heteroatoms. The Kier molecular flexibility index (Phi) is 9.01. The van der Waals surface area contributed by atoms with Gasteiger partial charge in [-0.2, -0.15) is 5.10 Å². The van der Waals surface area contributed by atoms with Crippen LogP contribution in [0.2, 0.25) is 0 Å². The molecule has 0 saturated carbocycles. The van der Waals surface area contributed by atoms with Crippen LogP contribution in [0, 0.1) is 15.9 Å². The molecule has 0 saturated heterocycles. The molecule has 3 aromatic carbocycles. The largest absolute Gasteiger partial charge is 0.457 e. The summed E-state index contributed by atoms with van der Waals surface area (Å²) in [6, 6.07) is 20.8. The van der Waals surface area contributed by atoms with Crippen LogP contribution in [0.5, 0.6) is 0 Å². The summed E-state index contributed by atoms with van der Waals surface area (Å²) in [5.74, 6) is -1.57. The summed E-state index contributed by atoms with van der Waals surface area (Å²) < 4.78 is 19.1. The van der Waals surface area contributed by atoms with Gasteiger partial charge in [0.2, 0.25) is 5.91 Å². The van der Waals surface area contributed by atoms with Gasteiger partial charge in [0, 0.05) is 29.2 Å². The quantitative estimate of drug-likeness (QED) is 0.135. The number of esters is 1. The molecule has 1 unspecified atom stereocenters. The van der Waals surface area contributed by atoms with E-state index < -0.39 is 16.8 Å². The Morgan fingerprint density at radius 2 is 1.72 bits per heavy atom. The molecule has 220 valence electrons. The lowest BCUT2D eigenvalue weighted by Gasteiger charge is -2.27. The fraction of sp³-hybridized carbons (Fsp3) is 0.219. The molecule has 2 aliphatic heterocycles. The highest BCUT2D eigenvalue weighted by Crippen LogP contribution is 2.43. The predicted octanol–water partition coefficient (Wildman–Crippen LogP) is 5.94. The first-order valence-electron chi connectivity index (χ1n) is 13.6. The number of dihydropyridines is 1. The Labute approximate surface area is 252 Å². The number of nitrogens with zero attached hydrogens (tertiary/aromatic N) is 2. The molecule has 2 N–H and O–H groups in total. The SMILES string of the molecule is CC1=C(C(=O)OCc2ccc(C3=NNC(=O)CC3)cc2)C(c2ccccc2SCc2ccc(F)cc2)C([N+](=O)[O-])=C(C)N1. The third kappa shape index (κ3) is 6.83. The summed E-state index contributed by atoms with van der Waals surface area (Å²) in [4.78, 5) is 37.7. The minimum atomic E-state index is -0.970. The molecular weight excluding hydrogens is 571 g/mol. The van der Waals surface area contributed by atoms with Crippen LogP contribution in [-0.2, 0) is 26.7 Å². The first-order chi connectivity index (χ1) is 20.7. The fourth-order valence-corrected chi connectivity index (χ4v) is 6.14. The molecule has 1 atom stereocenters. The lowest BCUT2D eigenvalue weighted by molar-refractivity contribution is -0.431. The van der Waals surface area contributed by atoms with E-state index in [1.165, 1.54) is 23.9 Å². The molecule has 9 nitrogen and oxygen atoms in total. The molecule has 3 aromatic rings. The van der Waals surface area contributed by atoms with Crippen molar-refractivity contribution in [2.45, 2.75) is 49.9 Å². The zero-order chi connectivity index (χ0) is 30.5. The van der Waals surface area contributed by atoms with Gasteiger partial charge in [0.25, 0.3) is 5.70 Å². The number of benzene rings is 3. The van der Waals surface area contributed by atoms with Crippen molar-refractivity contribution < 1.29 is 23.6 Å². The molecule has 2 aliphatic rings. The predicted molar refractivity (Wildman–Crippen MR) is 161 cm³/mol. The second kappa shape index (κ2) is 13.0. The number of allylic oxidation sites excluding steroid dienone is 3. The molecule has 2 heterocycles. The van der Waals surface area contributed by atoms with E-state index in [1.54, 1.807) is 38.1 Å². The second-order valence-electron chi connectivity index (χ2n) is 10.2. The molecule has 43 heavy (non-hydrogen) atoms. The summed E-state index contributed by atoms with van der Waals surface area (Å²) in [5.41, 5.74) is 7.20. The van der Waals surface area contributed by atoms with E-state index >= 15 is 0 Å². The van der Waals surface area contributed by atoms with Crippen molar-refractivity contribution in [3.63, 3.8) is 0 Å². The monoisotopic (exact) mass is 600 g/mol. The molecule has 0 aromatic heterocycles.